The smallest absolute Gasteiger partial charge is 0.137 e. The Bertz CT molecular complexity index is 553. The van der Waals surface area contributed by atoms with E-state index >= 15 is 0 Å². The maximum absolute atomic E-state index is 13.2. The maximum Gasteiger partial charge on any atom is 0.137 e. The van der Waals surface area contributed by atoms with Crippen LogP contribution in [0, 0.1) is 5.82 Å². The van der Waals surface area contributed by atoms with E-state index in [4.69, 9.17) is 4.42 Å². The van der Waals surface area contributed by atoms with Gasteiger partial charge in [0.1, 0.15) is 17.3 Å². The van der Waals surface area contributed by atoms with Gasteiger partial charge in [-0.2, -0.15) is 0 Å². The van der Waals surface area contributed by atoms with Crippen molar-refractivity contribution in [1.29, 1.82) is 0 Å². The molecule has 102 valence electrons. The molecule has 1 unspecified atom stereocenters. The number of hydrogen-bond acceptors (Lipinski definition) is 2. The van der Waals surface area contributed by atoms with Gasteiger partial charge in [-0.25, -0.2) is 4.39 Å². The Balaban J connectivity index is 2.27. The Morgan fingerprint density at radius 3 is 2.68 bits per heavy atom. The zero-order valence-electron chi connectivity index (χ0n) is 11.0. The SMILES string of the molecule is CCNC(CC)c1ccc(-c2ccc(F)c(Br)c2)o1. The predicted octanol–water partition coefficient (Wildman–Crippen LogP) is 4.91. The molecule has 0 fully saturated rings. The van der Waals surface area contributed by atoms with Gasteiger partial charge in [0.2, 0.25) is 0 Å². The summed E-state index contributed by atoms with van der Waals surface area (Å²) in [5.41, 5.74) is 0.867. The van der Waals surface area contributed by atoms with Crippen LogP contribution in [-0.4, -0.2) is 6.54 Å². The molecule has 0 amide bonds. The average Bonchev–Trinajstić information content (AvgIpc) is 2.88. The normalized spacial score (nSPS) is 12.6. The highest BCUT2D eigenvalue weighted by atomic mass is 79.9. The number of rotatable bonds is 5. The second-order valence-corrected chi connectivity index (χ2v) is 5.20. The van der Waals surface area contributed by atoms with Crippen molar-refractivity contribution in [1.82, 2.24) is 5.32 Å². The lowest BCUT2D eigenvalue weighted by Crippen LogP contribution is -2.19. The predicted molar refractivity (Wildman–Crippen MR) is 78.5 cm³/mol. The molecule has 1 aromatic carbocycles. The molecule has 19 heavy (non-hydrogen) atoms. The van der Waals surface area contributed by atoms with E-state index in [1.54, 1.807) is 12.1 Å². The lowest BCUT2D eigenvalue weighted by atomic mass is 10.1. The largest absolute Gasteiger partial charge is 0.459 e. The van der Waals surface area contributed by atoms with E-state index in [0.717, 1.165) is 30.0 Å². The number of nitrogens with one attached hydrogen (secondary N) is 1. The van der Waals surface area contributed by atoms with Crippen LogP contribution in [0.15, 0.2) is 39.2 Å². The molecule has 1 heterocycles. The van der Waals surface area contributed by atoms with E-state index in [9.17, 15) is 4.39 Å². The van der Waals surface area contributed by atoms with E-state index in [-0.39, 0.29) is 11.9 Å². The van der Waals surface area contributed by atoms with Crippen molar-refractivity contribution in [2.24, 2.45) is 0 Å². The van der Waals surface area contributed by atoms with E-state index in [1.807, 2.05) is 12.1 Å². The Kier molecular flexibility index (Phi) is 4.77. The molecule has 0 aliphatic heterocycles. The quantitative estimate of drug-likeness (QED) is 0.845. The molecule has 2 rings (SSSR count). The van der Waals surface area contributed by atoms with Crippen LogP contribution in [0.5, 0.6) is 0 Å². The highest BCUT2D eigenvalue weighted by molar-refractivity contribution is 9.10. The molecule has 0 saturated heterocycles. The van der Waals surface area contributed by atoms with Crippen molar-refractivity contribution in [2.45, 2.75) is 26.3 Å². The van der Waals surface area contributed by atoms with Gasteiger partial charge in [0.15, 0.2) is 0 Å². The molecule has 0 aliphatic carbocycles. The Morgan fingerprint density at radius 1 is 1.26 bits per heavy atom. The van der Waals surface area contributed by atoms with Crippen LogP contribution in [0.4, 0.5) is 4.39 Å². The molecular weight excluding hydrogens is 309 g/mol. The summed E-state index contributed by atoms with van der Waals surface area (Å²) in [6.45, 7) is 5.09. The van der Waals surface area contributed by atoms with Gasteiger partial charge in [-0.15, -0.1) is 0 Å². The second-order valence-electron chi connectivity index (χ2n) is 4.35. The van der Waals surface area contributed by atoms with Crippen molar-refractivity contribution in [3.63, 3.8) is 0 Å². The number of benzene rings is 1. The van der Waals surface area contributed by atoms with Gasteiger partial charge in [-0.1, -0.05) is 13.8 Å². The summed E-state index contributed by atoms with van der Waals surface area (Å²) in [4.78, 5) is 0. The van der Waals surface area contributed by atoms with Crippen LogP contribution < -0.4 is 5.32 Å². The molecular formula is C15H17BrFNO. The fourth-order valence-electron chi connectivity index (χ4n) is 2.04. The Hall–Kier alpha value is -1.13. The van der Waals surface area contributed by atoms with Gasteiger partial charge in [0.05, 0.1) is 10.5 Å². The van der Waals surface area contributed by atoms with Crippen molar-refractivity contribution in [2.75, 3.05) is 6.54 Å². The molecule has 2 aromatic rings. The monoisotopic (exact) mass is 325 g/mol. The lowest BCUT2D eigenvalue weighted by molar-refractivity contribution is 0.417. The van der Waals surface area contributed by atoms with Gasteiger partial charge in [-0.3, -0.25) is 0 Å². The average molecular weight is 326 g/mol. The van der Waals surface area contributed by atoms with Crippen molar-refractivity contribution in [3.8, 4) is 11.3 Å². The minimum absolute atomic E-state index is 0.225. The Morgan fingerprint density at radius 2 is 2.05 bits per heavy atom. The maximum atomic E-state index is 13.2. The van der Waals surface area contributed by atoms with E-state index in [2.05, 4.69) is 35.1 Å². The topological polar surface area (TPSA) is 25.2 Å². The minimum Gasteiger partial charge on any atom is -0.459 e. The first-order chi connectivity index (χ1) is 9.15. The molecule has 2 nitrogen and oxygen atoms in total. The fourth-order valence-corrected chi connectivity index (χ4v) is 2.42. The van der Waals surface area contributed by atoms with Crippen molar-refractivity contribution >= 4 is 15.9 Å². The molecule has 0 aliphatic rings. The van der Waals surface area contributed by atoms with Crippen LogP contribution in [0.2, 0.25) is 0 Å². The van der Waals surface area contributed by atoms with Crippen molar-refractivity contribution < 1.29 is 8.81 Å². The summed E-state index contributed by atoms with van der Waals surface area (Å²) in [6, 6.07) is 9.01. The Labute approximate surface area is 121 Å². The third-order valence-electron chi connectivity index (χ3n) is 3.03. The molecule has 0 radical (unpaired) electrons. The van der Waals surface area contributed by atoms with Gasteiger partial charge >= 0.3 is 0 Å². The number of halogens is 2. The molecule has 0 saturated carbocycles. The van der Waals surface area contributed by atoms with Gasteiger partial charge in [-0.05, 0) is 59.2 Å². The first kappa shape index (κ1) is 14.3. The second kappa shape index (κ2) is 6.35. The first-order valence-electron chi connectivity index (χ1n) is 6.44. The molecule has 0 spiro atoms. The molecule has 0 bridgehead atoms. The van der Waals surface area contributed by atoms with Crippen LogP contribution in [0.3, 0.4) is 0 Å². The fraction of sp³-hybridized carbons (Fsp3) is 0.333. The summed E-state index contributed by atoms with van der Waals surface area (Å²) in [5, 5.41) is 3.37. The van der Waals surface area contributed by atoms with Gasteiger partial charge in [0.25, 0.3) is 0 Å². The lowest BCUT2D eigenvalue weighted by Gasteiger charge is -2.12. The van der Waals surface area contributed by atoms with Crippen LogP contribution >= 0.6 is 15.9 Å². The summed E-state index contributed by atoms with van der Waals surface area (Å²) in [6.07, 6.45) is 0.966. The standard InChI is InChI=1S/C15H17BrFNO/c1-3-13(18-4-2)15-8-7-14(19-15)10-5-6-12(17)11(16)9-10/h5-9,13,18H,3-4H2,1-2H3. The van der Waals surface area contributed by atoms with Gasteiger partial charge < -0.3 is 9.73 Å². The summed E-state index contributed by atoms with van der Waals surface area (Å²) >= 11 is 3.19. The molecule has 4 heteroatoms. The first-order valence-corrected chi connectivity index (χ1v) is 7.23. The van der Waals surface area contributed by atoms with E-state index < -0.39 is 0 Å². The van der Waals surface area contributed by atoms with Crippen LogP contribution in [-0.2, 0) is 0 Å². The zero-order chi connectivity index (χ0) is 13.8. The van der Waals surface area contributed by atoms with E-state index in [1.165, 1.54) is 6.07 Å². The molecule has 1 atom stereocenters. The number of hydrogen-bond donors (Lipinski definition) is 1. The summed E-state index contributed by atoms with van der Waals surface area (Å²) < 4.78 is 19.5. The zero-order valence-corrected chi connectivity index (χ0v) is 12.6. The summed E-state index contributed by atoms with van der Waals surface area (Å²) in [7, 11) is 0. The third kappa shape index (κ3) is 3.25. The molecule has 1 N–H and O–H groups in total. The van der Waals surface area contributed by atoms with Crippen LogP contribution in [0.25, 0.3) is 11.3 Å². The van der Waals surface area contributed by atoms with Crippen molar-refractivity contribution in [3.05, 3.63) is 46.4 Å². The van der Waals surface area contributed by atoms with E-state index in [0.29, 0.717) is 4.47 Å². The minimum atomic E-state index is -0.269. The van der Waals surface area contributed by atoms with Crippen LogP contribution in [0.1, 0.15) is 32.1 Å². The van der Waals surface area contributed by atoms with Gasteiger partial charge in [0, 0.05) is 5.56 Å². The third-order valence-corrected chi connectivity index (χ3v) is 3.64. The summed E-state index contributed by atoms with van der Waals surface area (Å²) in [5.74, 6) is 1.40. The molecule has 1 aromatic heterocycles. The number of furan rings is 1. The highest BCUT2D eigenvalue weighted by Gasteiger charge is 2.13. The highest BCUT2D eigenvalue weighted by Crippen LogP contribution is 2.29.